The van der Waals surface area contributed by atoms with E-state index in [-0.39, 0.29) is 0 Å². The van der Waals surface area contributed by atoms with Crippen molar-refractivity contribution >= 4 is 0 Å². The number of ether oxygens (including phenoxy) is 1. The predicted octanol–water partition coefficient (Wildman–Crippen LogP) is 3.20. The number of rotatable bonds is 4. The van der Waals surface area contributed by atoms with E-state index in [1.54, 1.807) is 0 Å². The van der Waals surface area contributed by atoms with Crippen LogP contribution in [-0.2, 0) is 0 Å². The van der Waals surface area contributed by atoms with Gasteiger partial charge in [-0.3, -0.25) is 0 Å². The normalized spacial score (nSPS) is 18.8. The molecule has 3 nitrogen and oxygen atoms in total. The highest BCUT2D eigenvalue weighted by atomic mass is 16.5. The average Bonchev–Trinajstić information content (AvgIpc) is 2.48. The molecule has 0 saturated carbocycles. The van der Waals surface area contributed by atoms with Crippen molar-refractivity contribution in [2.75, 3.05) is 13.1 Å². The first-order valence-electron chi connectivity index (χ1n) is 7.13. The van der Waals surface area contributed by atoms with Crippen LogP contribution in [0.4, 0.5) is 0 Å². The third kappa shape index (κ3) is 3.71. The maximum Gasteiger partial charge on any atom is 0.119 e. The summed E-state index contributed by atoms with van der Waals surface area (Å²) < 4.78 is 5.98. The molecule has 0 spiro atoms. The average molecular weight is 258 g/mol. The van der Waals surface area contributed by atoms with Crippen molar-refractivity contribution in [3.63, 3.8) is 0 Å². The molecule has 1 aromatic rings. The first-order chi connectivity index (χ1) is 9.22. The molecule has 102 valence electrons. The quantitative estimate of drug-likeness (QED) is 0.832. The van der Waals surface area contributed by atoms with Crippen LogP contribution in [0, 0.1) is 11.3 Å². The highest BCUT2D eigenvalue weighted by Gasteiger charge is 2.22. The molecule has 1 saturated heterocycles. The van der Waals surface area contributed by atoms with Crippen molar-refractivity contribution in [1.29, 1.82) is 5.26 Å². The molecule has 1 aliphatic rings. The molecule has 1 heterocycles. The molecule has 2 rings (SSSR count). The fourth-order valence-corrected chi connectivity index (χ4v) is 2.49. The minimum atomic E-state index is 0.313. The Hall–Kier alpha value is -1.53. The number of piperidine rings is 1. The van der Waals surface area contributed by atoms with Gasteiger partial charge in [-0.15, -0.1) is 0 Å². The molecule has 1 fully saturated rings. The maximum absolute atomic E-state index is 8.76. The van der Waals surface area contributed by atoms with Gasteiger partial charge in [-0.2, -0.15) is 5.26 Å². The zero-order chi connectivity index (χ0) is 13.7. The van der Waals surface area contributed by atoms with Gasteiger partial charge >= 0.3 is 0 Å². The molecule has 1 atom stereocenters. The van der Waals surface area contributed by atoms with Crippen molar-refractivity contribution in [2.45, 2.75) is 45.3 Å². The van der Waals surface area contributed by atoms with E-state index in [9.17, 15) is 0 Å². The van der Waals surface area contributed by atoms with E-state index in [2.05, 4.69) is 24.8 Å². The number of nitriles is 1. The van der Waals surface area contributed by atoms with Crippen LogP contribution in [-0.4, -0.2) is 30.1 Å². The van der Waals surface area contributed by atoms with Gasteiger partial charge in [-0.1, -0.05) is 6.92 Å². The van der Waals surface area contributed by atoms with E-state index in [0.29, 0.717) is 17.7 Å². The maximum atomic E-state index is 8.76. The summed E-state index contributed by atoms with van der Waals surface area (Å²) in [6.45, 7) is 6.78. The summed E-state index contributed by atoms with van der Waals surface area (Å²) in [7, 11) is 0. The smallest absolute Gasteiger partial charge is 0.119 e. The molecule has 0 aliphatic carbocycles. The molecule has 19 heavy (non-hydrogen) atoms. The Labute approximate surface area is 115 Å². The third-order valence-corrected chi connectivity index (χ3v) is 3.98. The molecule has 0 radical (unpaired) electrons. The lowest BCUT2D eigenvalue weighted by atomic mass is 10.0. The van der Waals surface area contributed by atoms with Crippen molar-refractivity contribution in [3.8, 4) is 11.8 Å². The Balaban J connectivity index is 1.83. The lowest BCUT2D eigenvalue weighted by molar-refractivity contribution is 0.0788. The summed E-state index contributed by atoms with van der Waals surface area (Å²) in [5.41, 5.74) is 0.680. The van der Waals surface area contributed by atoms with E-state index >= 15 is 0 Å². The Morgan fingerprint density at radius 3 is 2.47 bits per heavy atom. The molecule has 1 aliphatic heterocycles. The summed E-state index contributed by atoms with van der Waals surface area (Å²) in [6, 6.07) is 10.2. The van der Waals surface area contributed by atoms with E-state index in [1.807, 2.05) is 24.3 Å². The second-order valence-corrected chi connectivity index (χ2v) is 5.25. The minimum absolute atomic E-state index is 0.313. The monoisotopic (exact) mass is 258 g/mol. The number of likely N-dealkylation sites (tertiary alicyclic amines) is 1. The summed E-state index contributed by atoms with van der Waals surface area (Å²) in [5, 5.41) is 8.76. The topological polar surface area (TPSA) is 36.3 Å². The molecule has 3 heteroatoms. The SMILES string of the molecule is CC[C@@H](C)N1CCC(Oc2ccc(C#N)cc2)CC1. The van der Waals surface area contributed by atoms with Crippen LogP contribution in [0.3, 0.4) is 0 Å². The predicted molar refractivity (Wildman–Crippen MR) is 76.1 cm³/mol. The van der Waals surface area contributed by atoms with Crippen LogP contribution in [0.1, 0.15) is 38.7 Å². The van der Waals surface area contributed by atoms with Crippen molar-refractivity contribution in [1.82, 2.24) is 4.90 Å². The number of nitrogens with zero attached hydrogens (tertiary/aromatic N) is 2. The molecule has 0 N–H and O–H groups in total. The van der Waals surface area contributed by atoms with Crippen LogP contribution < -0.4 is 4.74 Å². The van der Waals surface area contributed by atoms with Crippen molar-refractivity contribution in [2.24, 2.45) is 0 Å². The summed E-state index contributed by atoms with van der Waals surface area (Å²) in [4.78, 5) is 2.54. The fraction of sp³-hybridized carbons (Fsp3) is 0.562. The molecule has 0 bridgehead atoms. The minimum Gasteiger partial charge on any atom is -0.490 e. The van der Waals surface area contributed by atoms with Crippen molar-refractivity contribution in [3.05, 3.63) is 29.8 Å². The number of benzene rings is 1. The summed E-state index contributed by atoms with van der Waals surface area (Å²) in [6.07, 6.45) is 3.70. The van der Waals surface area contributed by atoms with Gasteiger partial charge in [0.05, 0.1) is 11.6 Å². The van der Waals surface area contributed by atoms with Crippen LogP contribution >= 0.6 is 0 Å². The Kier molecular flexibility index (Phi) is 4.81. The number of hydrogen-bond acceptors (Lipinski definition) is 3. The summed E-state index contributed by atoms with van der Waals surface area (Å²) in [5.74, 6) is 0.876. The van der Waals surface area contributed by atoms with Gasteiger partial charge in [0.2, 0.25) is 0 Å². The highest BCUT2D eigenvalue weighted by molar-refractivity contribution is 5.34. The van der Waals surface area contributed by atoms with Crippen molar-refractivity contribution < 1.29 is 4.74 Å². The second-order valence-electron chi connectivity index (χ2n) is 5.25. The van der Waals surface area contributed by atoms with Gasteiger partial charge in [-0.25, -0.2) is 0 Å². The van der Waals surface area contributed by atoms with E-state index in [0.717, 1.165) is 31.7 Å². The van der Waals surface area contributed by atoms with Crippen LogP contribution in [0.5, 0.6) is 5.75 Å². The Morgan fingerprint density at radius 1 is 1.32 bits per heavy atom. The number of hydrogen-bond donors (Lipinski definition) is 0. The molecule has 0 unspecified atom stereocenters. The fourth-order valence-electron chi connectivity index (χ4n) is 2.49. The first kappa shape index (κ1) is 13.9. The van der Waals surface area contributed by atoms with Gasteiger partial charge in [0.25, 0.3) is 0 Å². The standard InChI is InChI=1S/C16H22N2O/c1-3-13(2)18-10-8-16(9-11-18)19-15-6-4-14(12-17)5-7-15/h4-7,13,16H,3,8-11H2,1-2H3/t13-/m1/s1. The van der Waals surface area contributed by atoms with E-state index < -0.39 is 0 Å². The zero-order valence-electron chi connectivity index (χ0n) is 11.8. The Morgan fingerprint density at radius 2 is 1.95 bits per heavy atom. The second kappa shape index (κ2) is 6.58. The van der Waals surface area contributed by atoms with E-state index in [1.165, 1.54) is 6.42 Å². The molecular weight excluding hydrogens is 236 g/mol. The lowest BCUT2D eigenvalue weighted by Gasteiger charge is -2.35. The molecule has 0 amide bonds. The Bertz CT molecular complexity index is 427. The van der Waals surface area contributed by atoms with Crippen LogP contribution in [0.25, 0.3) is 0 Å². The van der Waals surface area contributed by atoms with Gasteiger partial charge in [0.1, 0.15) is 11.9 Å². The van der Waals surface area contributed by atoms with Crippen LogP contribution in [0.15, 0.2) is 24.3 Å². The highest BCUT2D eigenvalue weighted by Crippen LogP contribution is 2.21. The summed E-state index contributed by atoms with van der Waals surface area (Å²) >= 11 is 0. The lowest BCUT2D eigenvalue weighted by Crippen LogP contribution is -2.42. The van der Waals surface area contributed by atoms with Gasteiger partial charge in [-0.05, 0) is 50.5 Å². The third-order valence-electron chi connectivity index (χ3n) is 3.98. The van der Waals surface area contributed by atoms with Gasteiger partial charge in [0.15, 0.2) is 0 Å². The molecule has 1 aromatic carbocycles. The zero-order valence-corrected chi connectivity index (χ0v) is 11.8. The van der Waals surface area contributed by atoms with Gasteiger partial charge < -0.3 is 9.64 Å². The first-order valence-corrected chi connectivity index (χ1v) is 7.13. The molecular formula is C16H22N2O. The van der Waals surface area contributed by atoms with E-state index in [4.69, 9.17) is 10.00 Å². The largest absolute Gasteiger partial charge is 0.490 e. The van der Waals surface area contributed by atoms with Crippen LogP contribution in [0.2, 0.25) is 0 Å². The molecule has 0 aromatic heterocycles. The van der Waals surface area contributed by atoms with Gasteiger partial charge in [0, 0.05) is 19.1 Å².